The first-order chi connectivity index (χ1) is 11.2. The molecule has 5 nitrogen and oxygen atoms in total. The van der Waals surface area contributed by atoms with Crippen molar-refractivity contribution < 1.29 is 4.79 Å². The summed E-state index contributed by atoms with van der Waals surface area (Å²) in [6.07, 6.45) is 9.86. The van der Waals surface area contributed by atoms with Crippen LogP contribution < -0.4 is 5.32 Å². The first-order valence-electron chi connectivity index (χ1n) is 9.09. The quantitative estimate of drug-likeness (QED) is 0.811. The van der Waals surface area contributed by atoms with E-state index in [0.29, 0.717) is 29.7 Å². The molecule has 4 rings (SSSR count). The summed E-state index contributed by atoms with van der Waals surface area (Å²) in [5.74, 6) is 2.99. The molecular weight excluding hydrogens is 308 g/mol. The van der Waals surface area contributed by atoms with Crippen molar-refractivity contribution in [1.82, 2.24) is 20.1 Å². The summed E-state index contributed by atoms with van der Waals surface area (Å²) in [6, 6.07) is 0.949. The molecule has 6 heteroatoms. The van der Waals surface area contributed by atoms with Crippen LogP contribution in [-0.4, -0.2) is 32.5 Å². The second kappa shape index (κ2) is 6.46. The number of nitrogens with zero attached hydrogens (tertiary/aromatic N) is 3. The maximum Gasteiger partial charge on any atom is 0.230 e. The van der Waals surface area contributed by atoms with E-state index in [2.05, 4.69) is 27.0 Å². The molecule has 1 amide bonds. The summed E-state index contributed by atoms with van der Waals surface area (Å²) in [5.41, 5.74) is 0. The number of hydrogen-bond donors (Lipinski definition) is 1. The fourth-order valence-corrected chi connectivity index (χ4v) is 4.42. The maximum absolute atomic E-state index is 12.3. The lowest BCUT2D eigenvalue weighted by Crippen LogP contribution is -2.41. The van der Waals surface area contributed by atoms with Gasteiger partial charge in [-0.1, -0.05) is 31.5 Å². The normalized spacial score (nSPS) is 27.9. The molecule has 3 aliphatic carbocycles. The largest absolute Gasteiger partial charge is 0.352 e. The molecule has 2 atom stereocenters. The van der Waals surface area contributed by atoms with Crippen molar-refractivity contribution >= 4 is 17.7 Å². The van der Waals surface area contributed by atoms with E-state index in [1.807, 2.05) is 0 Å². The van der Waals surface area contributed by atoms with Crippen molar-refractivity contribution in [2.45, 2.75) is 81.4 Å². The fourth-order valence-electron chi connectivity index (χ4n) is 3.59. The average Bonchev–Trinajstić information content (AvgIpc) is 3.46. The molecule has 3 saturated carbocycles. The highest BCUT2D eigenvalue weighted by molar-refractivity contribution is 7.99. The molecule has 23 heavy (non-hydrogen) atoms. The minimum Gasteiger partial charge on any atom is -0.352 e. The highest BCUT2D eigenvalue weighted by atomic mass is 32.2. The van der Waals surface area contributed by atoms with Gasteiger partial charge in [-0.2, -0.15) is 0 Å². The Morgan fingerprint density at radius 1 is 1.17 bits per heavy atom. The predicted octanol–water partition coefficient (Wildman–Crippen LogP) is 3.28. The summed E-state index contributed by atoms with van der Waals surface area (Å²) >= 11 is 1.56. The topological polar surface area (TPSA) is 59.8 Å². The van der Waals surface area contributed by atoms with Crippen LogP contribution in [0, 0.1) is 5.92 Å². The van der Waals surface area contributed by atoms with Crippen molar-refractivity contribution in [3.05, 3.63) is 5.82 Å². The Hall–Kier alpha value is -1.04. The van der Waals surface area contributed by atoms with Crippen LogP contribution in [0.15, 0.2) is 5.16 Å². The van der Waals surface area contributed by atoms with Crippen LogP contribution in [0.2, 0.25) is 0 Å². The zero-order chi connectivity index (χ0) is 15.8. The number of amides is 1. The third kappa shape index (κ3) is 3.57. The van der Waals surface area contributed by atoms with Gasteiger partial charge >= 0.3 is 0 Å². The molecule has 0 aliphatic heterocycles. The number of nitrogens with one attached hydrogen (secondary N) is 1. The number of carbonyl (C=O) groups excluding carboxylic acids is 1. The lowest BCUT2D eigenvalue weighted by Gasteiger charge is -2.29. The van der Waals surface area contributed by atoms with Crippen LogP contribution >= 0.6 is 11.8 Å². The SMILES string of the molecule is C[C@H]1CCCC[C@H]1NC(=O)CSc1nnc(C2CC2)n1C1CC1. The maximum atomic E-state index is 12.3. The zero-order valence-corrected chi connectivity index (χ0v) is 14.6. The first kappa shape index (κ1) is 15.5. The molecule has 0 saturated heterocycles. The van der Waals surface area contributed by atoms with Gasteiger partial charge in [-0.15, -0.1) is 10.2 Å². The van der Waals surface area contributed by atoms with Crippen molar-refractivity contribution in [3.8, 4) is 0 Å². The third-order valence-corrected chi connectivity index (χ3v) is 6.28. The third-order valence-electron chi connectivity index (χ3n) is 5.34. The van der Waals surface area contributed by atoms with E-state index in [9.17, 15) is 4.79 Å². The van der Waals surface area contributed by atoms with Crippen LogP contribution in [0.5, 0.6) is 0 Å². The van der Waals surface area contributed by atoms with E-state index in [-0.39, 0.29) is 5.91 Å². The highest BCUT2D eigenvalue weighted by Crippen LogP contribution is 2.45. The van der Waals surface area contributed by atoms with Gasteiger partial charge in [0.05, 0.1) is 5.75 Å². The Labute approximate surface area is 142 Å². The van der Waals surface area contributed by atoms with Gasteiger partial charge in [-0.3, -0.25) is 4.79 Å². The molecule has 1 aromatic rings. The number of carbonyl (C=O) groups is 1. The van der Waals surface area contributed by atoms with Gasteiger partial charge in [0.25, 0.3) is 0 Å². The summed E-state index contributed by atoms with van der Waals surface area (Å²) in [4.78, 5) is 12.3. The Bertz CT molecular complexity index is 579. The van der Waals surface area contributed by atoms with E-state index in [1.54, 1.807) is 11.8 Å². The second-order valence-electron chi connectivity index (χ2n) is 7.44. The lowest BCUT2D eigenvalue weighted by molar-refractivity contribution is -0.119. The Balaban J connectivity index is 1.34. The van der Waals surface area contributed by atoms with Gasteiger partial charge in [0.15, 0.2) is 5.16 Å². The number of thioether (sulfide) groups is 1. The average molecular weight is 334 g/mol. The Kier molecular flexibility index (Phi) is 4.35. The Morgan fingerprint density at radius 3 is 2.65 bits per heavy atom. The molecule has 126 valence electrons. The van der Waals surface area contributed by atoms with Crippen LogP contribution in [0.4, 0.5) is 0 Å². The molecule has 1 N–H and O–H groups in total. The summed E-state index contributed by atoms with van der Waals surface area (Å²) in [5, 5.41) is 12.9. The van der Waals surface area contributed by atoms with E-state index in [0.717, 1.165) is 17.4 Å². The molecule has 0 bridgehead atoms. The van der Waals surface area contributed by atoms with Gasteiger partial charge in [0.1, 0.15) is 5.82 Å². The summed E-state index contributed by atoms with van der Waals surface area (Å²) in [6.45, 7) is 2.25. The van der Waals surface area contributed by atoms with Gasteiger partial charge < -0.3 is 9.88 Å². The molecule has 3 fully saturated rings. The van der Waals surface area contributed by atoms with E-state index in [1.165, 1.54) is 44.9 Å². The smallest absolute Gasteiger partial charge is 0.230 e. The second-order valence-corrected chi connectivity index (χ2v) is 8.38. The van der Waals surface area contributed by atoms with Crippen molar-refractivity contribution in [1.29, 1.82) is 0 Å². The van der Waals surface area contributed by atoms with Crippen LogP contribution in [-0.2, 0) is 4.79 Å². The zero-order valence-electron chi connectivity index (χ0n) is 13.8. The molecule has 0 unspecified atom stereocenters. The Morgan fingerprint density at radius 2 is 1.96 bits per heavy atom. The highest BCUT2D eigenvalue weighted by Gasteiger charge is 2.36. The van der Waals surface area contributed by atoms with E-state index >= 15 is 0 Å². The monoisotopic (exact) mass is 334 g/mol. The summed E-state index contributed by atoms with van der Waals surface area (Å²) in [7, 11) is 0. The van der Waals surface area contributed by atoms with E-state index in [4.69, 9.17) is 0 Å². The van der Waals surface area contributed by atoms with Gasteiger partial charge in [0, 0.05) is 18.0 Å². The summed E-state index contributed by atoms with van der Waals surface area (Å²) < 4.78 is 2.32. The lowest BCUT2D eigenvalue weighted by atomic mass is 9.86. The van der Waals surface area contributed by atoms with Crippen LogP contribution in [0.1, 0.15) is 76.1 Å². The van der Waals surface area contributed by atoms with Crippen molar-refractivity contribution in [2.75, 3.05) is 5.75 Å². The minimum atomic E-state index is 0.145. The number of hydrogen-bond acceptors (Lipinski definition) is 4. The van der Waals surface area contributed by atoms with Gasteiger partial charge in [-0.25, -0.2) is 0 Å². The minimum absolute atomic E-state index is 0.145. The molecular formula is C17H26N4OS. The van der Waals surface area contributed by atoms with Crippen molar-refractivity contribution in [2.24, 2.45) is 5.92 Å². The van der Waals surface area contributed by atoms with Gasteiger partial charge in [0.2, 0.25) is 5.91 Å². The molecule has 1 heterocycles. The fraction of sp³-hybridized carbons (Fsp3) is 0.824. The van der Waals surface area contributed by atoms with E-state index < -0.39 is 0 Å². The predicted molar refractivity (Wildman–Crippen MR) is 90.6 cm³/mol. The van der Waals surface area contributed by atoms with Crippen LogP contribution in [0.3, 0.4) is 0 Å². The first-order valence-corrected chi connectivity index (χ1v) is 10.1. The molecule has 0 radical (unpaired) electrons. The standard InChI is InChI=1S/C17H26N4OS/c1-11-4-2-3-5-14(11)18-15(22)10-23-17-20-19-16(12-6-7-12)21(17)13-8-9-13/h11-14H,2-10H2,1H3,(H,18,22)/t11-,14+/m0/s1. The molecule has 0 aromatic carbocycles. The molecule has 1 aromatic heterocycles. The van der Waals surface area contributed by atoms with Gasteiger partial charge in [-0.05, 0) is 44.4 Å². The number of rotatable bonds is 6. The molecule has 0 spiro atoms. The van der Waals surface area contributed by atoms with Crippen molar-refractivity contribution in [3.63, 3.8) is 0 Å². The van der Waals surface area contributed by atoms with Crippen LogP contribution in [0.25, 0.3) is 0 Å². The molecule has 3 aliphatic rings. The number of aromatic nitrogens is 3.